The Hall–Kier alpha value is -3.25. The van der Waals surface area contributed by atoms with Crippen LogP contribution in [0.1, 0.15) is 30.9 Å². The number of tetrazole rings is 1. The first-order chi connectivity index (χ1) is 15.0. The second-order valence-electron chi connectivity index (χ2n) is 8.12. The van der Waals surface area contributed by atoms with Crippen LogP contribution >= 0.6 is 0 Å². The molecule has 31 heavy (non-hydrogen) atoms. The number of hydrogen-bond donors (Lipinski definition) is 1. The highest BCUT2D eigenvalue weighted by Gasteiger charge is 2.49. The fourth-order valence-corrected chi connectivity index (χ4v) is 4.47. The van der Waals surface area contributed by atoms with Gasteiger partial charge in [-0.15, -0.1) is 5.10 Å². The van der Waals surface area contributed by atoms with Crippen LogP contribution in [-0.2, 0) is 14.3 Å². The van der Waals surface area contributed by atoms with Crippen molar-refractivity contribution in [2.24, 2.45) is 5.41 Å². The number of aromatic nitrogens is 6. The Morgan fingerprint density at radius 1 is 1.13 bits per heavy atom. The van der Waals surface area contributed by atoms with E-state index in [0.717, 1.165) is 19.3 Å². The first-order valence-electron chi connectivity index (χ1n) is 10.2. The molecular formula is C19H22N8O4. The third-order valence-corrected chi connectivity index (χ3v) is 6.35. The van der Waals surface area contributed by atoms with Crippen LogP contribution < -0.4 is 0 Å². The zero-order valence-electron chi connectivity index (χ0n) is 16.8. The van der Waals surface area contributed by atoms with Crippen LogP contribution in [0.15, 0.2) is 30.5 Å². The lowest BCUT2D eigenvalue weighted by Gasteiger charge is -2.38. The van der Waals surface area contributed by atoms with Gasteiger partial charge in [0.25, 0.3) is 5.95 Å². The van der Waals surface area contributed by atoms with Crippen LogP contribution in [0.3, 0.4) is 0 Å². The van der Waals surface area contributed by atoms with Crippen molar-refractivity contribution < 1.29 is 19.4 Å². The Kier molecular flexibility index (Phi) is 4.94. The number of β-amino-alcohol motifs (C(OH)–C–C–N with tert-alkyl or cyclic N) is 1. The lowest BCUT2D eigenvalue weighted by Crippen LogP contribution is -2.45. The van der Waals surface area contributed by atoms with Gasteiger partial charge in [-0.3, -0.25) is 4.79 Å². The number of carbonyl (C=O) groups is 2. The molecule has 12 nitrogen and oxygen atoms in total. The van der Waals surface area contributed by atoms with E-state index in [0.29, 0.717) is 43.4 Å². The molecule has 5 rings (SSSR count). The van der Waals surface area contributed by atoms with Crippen LogP contribution in [-0.4, -0.2) is 89.7 Å². The summed E-state index contributed by atoms with van der Waals surface area (Å²) in [6.45, 7) is 2.67. The first-order valence-corrected chi connectivity index (χ1v) is 10.2. The van der Waals surface area contributed by atoms with Gasteiger partial charge in [0.05, 0.1) is 17.2 Å². The zero-order valence-corrected chi connectivity index (χ0v) is 16.8. The van der Waals surface area contributed by atoms with Crippen molar-refractivity contribution in [3.05, 3.63) is 36.1 Å². The van der Waals surface area contributed by atoms with Gasteiger partial charge >= 0.3 is 5.97 Å². The number of likely N-dealkylation sites (tertiary alicyclic amines) is 2. The topological polar surface area (TPSA) is 139 Å². The van der Waals surface area contributed by atoms with E-state index in [9.17, 15) is 14.7 Å². The Morgan fingerprint density at radius 2 is 1.87 bits per heavy atom. The lowest BCUT2D eigenvalue weighted by atomic mass is 9.77. The van der Waals surface area contributed by atoms with Crippen molar-refractivity contribution >= 4 is 11.9 Å². The summed E-state index contributed by atoms with van der Waals surface area (Å²) in [5.74, 6) is 0.0287. The fourth-order valence-electron chi connectivity index (χ4n) is 4.47. The van der Waals surface area contributed by atoms with Crippen LogP contribution in [0.4, 0.5) is 0 Å². The predicted octanol–water partition coefficient (Wildman–Crippen LogP) is -0.759. The standard InChI is InChI=1S/C19H22N8O4/c28-15(13-8-20-18(21-9-13)27-12-22-23-24-27)10-25-4-1-19(2-5-25)3-6-26(17(19)30)14-7-16(29)31-11-14/h7-9,12,15,28H,1-6,10-11H2/t15-/m1/s1. The molecule has 2 aromatic rings. The second kappa shape index (κ2) is 7.78. The molecule has 0 radical (unpaired) electrons. The summed E-state index contributed by atoms with van der Waals surface area (Å²) in [6, 6.07) is 0. The van der Waals surface area contributed by atoms with Crippen molar-refractivity contribution in [2.45, 2.75) is 25.4 Å². The molecule has 1 atom stereocenters. The number of ether oxygens (including phenoxy) is 1. The third-order valence-electron chi connectivity index (χ3n) is 6.35. The number of aliphatic hydroxyl groups excluding tert-OH is 1. The highest BCUT2D eigenvalue weighted by atomic mass is 16.5. The number of carbonyl (C=O) groups excluding carboxylic acids is 2. The van der Waals surface area contributed by atoms with E-state index in [1.54, 1.807) is 17.3 Å². The number of piperidine rings is 1. The number of nitrogens with zero attached hydrogens (tertiary/aromatic N) is 8. The van der Waals surface area contributed by atoms with Crippen molar-refractivity contribution in [1.29, 1.82) is 0 Å². The van der Waals surface area contributed by atoms with E-state index < -0.39 is 6.10 Å². The minimum absolute atomic E-state index is 0.0869. The largest absolute Gasteiger partial charge is 0.456 e. The van der Waals surface area contributed by atoms with Gasteiger partial charge in [-0.25, -0.2) is 14.8 Å². The van der Waals surface area contributed by atoms with Gasteiger partial charge in [0, 0.05) is 37.1 Å². The van der Waals surface area contributed by atoms with E-state index in [-0.39, 0.29) is 23.9 Å². The molecule has 0 bridgehead atoms. The number of cyclic esters (lactones) is 1. The maximum absolute atomic E-state index is 13.1. The molecule has 162 valence electrons. The van der Waals surface area contributed by atoms with Gasteiger partial charge in [0.15, 0.2) is 0 Å². The maximum Gasteiger partial charge on any atom is 0.333 e. The van der Waals surface area contributed by atoms with Crippen LogP contribution in [0.25, 0.3) is 5.95 Å². The summed E-state index contributed by atoms with van der Waals surface area (Å²) in [5, 5.41) is 21.4. The van der Waals surface area contributed by atoms with E-state index in [4.69, 9.17) is 4.74 Å². The first kappa shape index (κ1) is 19.7. The number of esters is 1. The molecule has 0 unspecified atom stereocenters. The smallest absolute Gasteiger partial charge is 0.333 e. The van der Waals surface area contributed by atoms with Crippen LogP contribution in [0.5, 0.6) is 0 Å². The highest BCUT2D eigenvalue weighted by molar-refractivity contribution is 5.90. The molecule has 1 spiro atoms. The summed E-state index contributed by atoms with van der Waals surface area (Å²) in [6.07, 6.45) is 7.44. The van der Waals surface area contributed by atoms with Gasteiger partial charge in [-0.1, -0.05) is 0 Å². The normalized spacial score (nSPS) is 22.1. The lowest BCUT2D eigenvalue weighted by molar-refractivity contribution is -0.138. The molecule has 3 aliphatic heterocycles. The summed E-state index contributed by atoms with van der Waals surface area (Å²) >= 11 is 0. The molecule has 1 amide bonds. The molecule has 12 heteroatoms. The number of hydrogen-bond acceptors (Lipinski definition) is 10. The van der Waals surface area contributed by atoms with Gasteiger partial charge in [-0.2, -0.15) is 4.68 Å². The second-order valence-corrected chi connectivity index (χ2v) is 8.12. The summed E-state index contributed by atoms with van der Waals surface area (Å²) in [4.78, 5) is 36.7. The van der Waals surface area contributed by atoms with Gasteiger partial charge in [0.1, 0.15) is 12.9 Å². The minimum Gasteiger partial charge on any atom is -0.456 e. The number of aliphatic hydroxyl groups is 1. The molecular weight excluding hydrogens is 404 g/mol. The predicted molar refractivity (Wildman–Crippen MR) is 103 cm³/mol. The van der Waals surface area contributed by atoms with Gasteiger partial charge < -0.3 is 19.6 Å². The molecule has 5 heterocycles. The van der Waals surface area contributed by atoms with E-state index in [2.05, 4.69) is 30.4 Å². The summed E-state index contributed by atoms with van der Waals surface area (Å²) in [5.41, 5.74) is 0.887. The van der Waals surface area contributed by atoms with Gasteiger partial charge in [-0.05, 0) is 42.8 Å². The molecule has 2 fully saturated rings. The monoisotopic (exact) mass is 426 g/mol. The summed E-state index contributed by atoms with van der Waals surface area (Å²) in [7, 11) is 0. The van der Waals surface area contributed by atoms with E-state index in [1.807, 2.05) is 0 Å². The summed E-state index contributed by atoms with van der Waals surface area (Å²) < 4.78 is 6.29. The third kappa shape index (κ3) is 3.68. The van der Waals surface area contributed by atoms with E-state index in [1.165, 1.54) is 17.1 Å². The highest BCUT2D eigenvalue weighted by Crippen LogP contribution is 2.43. The zero-order chi connectivity index (χ0) is 21.4. The SMILES string of the molecule is O=C1C=C(N2CCC3(CCN(C[C@@H](O)c4cnc(-n5cnnn5)nc4)CC3)C2=O)CO1. The Balaban J connectivity index is 1.17. The number of amides is 1. The van der Waals surface area contributed by atoms with Gasteiger partial charge in [0.2, 0.25) is 5.91 Å². The molecule has 0 aliphatic carbocycles. The maximum atomic E-state index is 13.1. The molecule has 1 N–H and O–H groups in total. The van der Waals surface area contributed by atoms with Crippen molar-refractivity contribution in [3.8, 4) is 5.95 Å². The fraction of sp³-hybridized carbons (Fsp3) is 0.526. The van der Waals surface area contributed by atoms with Crippen LogP contribution in [0, 0.1) is 5.41 Å². The molecule has 3 aliphatic rings. The molecule has 0 saturated carbocycles. The Morgan fingerprint density at radius 3 is 2.52 bits per heavy atom. The van der Waals surface area contributed by atoms with E-state index >= 15 is 0 Å². The minimum atomic E-state index is -0.737. The molecule has 2 aromatic heterocycles. The van der Waals surface area contributed by atoms with Crippen molar-refractivity contribution in [1.82, 2.24) is 40.0 Å². The van der Waals surface area contributed by atoms with Crippen LogP contribution in [0.2, 0.25) is 0 Å². The Labute approximate surface area is 177 Å². The average molecular weight is 426 g/mol. The number of rotatable bonds is 5. The average Bonchev–Trinajstić information content (AvgIpc) is 3.53. The van der Waals surface area contributed by atoms with Crippen molar-refractivity contribution in [2.75, 3.05) is 32.8 Å². The Bertz CT molecular complexity index is 998. The molecule has 2 saturated heterocycles. The molecule has 0 aromatic carbocycles. The quantitative estimate of drug-likeness (QED) is 0.607. The van der Waals surface area contributed by atoms with Crippen molar-refractivity contribution in [3.63, 3.8) is 0 Å².